The molecule has 4 heteroatoms. The fraction of sp³-hybridized carbons (Fsp3) is 0.682. The average Bonchev–Trinajstić information content (AvgIpc) is 2.59. The minimum absolute atomic E-state index is 0.144. The summed E-state index contributed by atoms with van der Waals surface area (Å²) in [6.45, 7) is 8.94. The van der Waals surface area contributed by atoms with E-state index in [1.54, 1.807) is 7.05 Å². The maximum absolute atomic E-state index is 12.0. The van der Waals surface area contributed by atoms with E-state index in [-0.39, 0.29) is 17.1 Å². The molecule has 0 aliphatic carbocycles. The van der Waals surface area contributed by atoms with Gasteiger partial charge in [0.05, 0.1) is 12.3 Å². The molecule has 0 fully saturated rings. The second kappa shape index (κ2) is 11.1. The molecule has 0 bridgehead atoms. The lowest BCUT2D eigenvalue weighted by atomic mass is 9.84. The highest BCUT2D eigenvalue weighted by Gasteiger charge is 2.21. The van der Waals surface area contributed by atoms with Crippen molar-refractivity contribution in [3.8, 4) is 5.75 Å². The van der Waals surface area contributed by atoms with E-state index in [2.05, 4.69) is 33.0 Å². The van der Waals surface area contributed by atoms with Crippen molar-refractivity contribution in [2.45, 2.75) is 84.5 Å². The predicted octanol–water partition coefficient (Wildman–Crippen LogP) is 5.57. The number of carbonyl (C=O) groups is 1. The van der Waals surface area contributed by atoms with E-state index in [1.807, 2.05) is 12.1 Å². The first-order valence-electron chi connectivity index (χ1n) is 9.99. The third-order valence-corrected chi connectivity index (χ3v) is 4.63. The van der Waals surface area contributed by atoms with Gasteiger partial charge in [-0.25, -0.2) is 0 Å². The van der Waals surface area contributed by atoms with Crippen LogP contribution >= 0.6 is 0 Å². The number of aromatic hydroxyl groups is 1. The highest BCUT2D eigenvalue weighted by Crippen LogP contribution is 2.37. The number of benzene rings is 1. The van der Waals surface area contributed by atoms with Gasteiger partial charge in [0.1, 0.15) is 5.75 Å². The average molecular weight is 364 g/mol. The van der Waals surface area contributed by atoms with Crippen molar-refractivity contribution in [1.29, 1.82) is 0 Å². The summed E-state index contributed by atoms with van der Waals surface area (Å²) in [4.78, 5) is 12.0. The quantitative estimate of drug-likeness (QED) is 0.307. The van der Waals surface area contributed by atoms with Crippen molar-refractivity contribution >= 4 is 11.7 Å². The zero-order valence-electron chi connectivity index (χ0n) is 17.3. The Morgan fingerprint density at radius 3 is 2.38 bits per heavy atom. The van der Waals surface area contributed by atoms with Gasteiger partial charge in [0.25, 0.3) is 0 Å². The number of unbranched alkanes of at least 4 members (excludes halogenated alkanes) is 5. The third kappa shape index (κ3) is 7.67. The molecule has 1 rings (SSSR count). The van der Waals surface area contributed by atoms with Crippen molar-refractivity contribution in [3.05, 3.63) is 23.3 Å². The van der Waals surface area contributed by atoms with Crippen LogP contribution in [0.3, 0.4) is 0 Å². The van der Waals surface area contributed by atoms with E-state index in [1.165, 1.54) is 25.7 Å². The number of esters is 1. The molecule has 1 aromatic carbocycles. The molecule has 0 aliphatic heterocycles. The molecule has 0 atom stereocenters. The van der Waals surface area contributed by atoms with Crippen molar-refractivity contribution in [2.24, 2.45) is 0 Å². The lowest BCUT2D eigenvalue weighted by molar-refractivity contribution is -0.143. The zero-order chi connectivity index (χ0) is 19.6. The van der Waals surface area contributed by atoms with Gasteiger partial charge in [-0.15, -0.1) is 0 Å². The fourth-order valence-corrected chi connectivity index (χ4v) is 2.99. The summed E-state index contributed by atoms with van der Waals surface area (Å²) in [7, 11) is 1.79. The number of hydrogen-bond acceptors (Lipinski definition) is 4. The molecule has 0 aromatic heterocycles. The summed E-state index contributed by atoms with van der Waals surface area (Å²) in [5, 5.41) is 13.4. The van der Waals surface area contributed by atoms with Crippen LogP contribution in [0, 0.1) is 0 Å². The topological polar surface area (TPSA) is 58.6 Å². The number of anilines is 1. The Balaban J connectivity index is 2.48. The smallest absolute Gasteiger partial charge is 0.306 e. The Morgan fingerprint density at radius 2 is 1.77 bits per heavy atom. The Kier molecular flexibility index (Phi) is 9.53. The van der Waals surface area contributed by atoms with Crippen LogP contribution in [0.15, 0.2) is 12.1 Å². The molecule has 0 aliphatic rings. The largest absolute Gasteiger partial charge is 0.505 e. The van der Waals surface area contributed by atoms with Crippen LogP contribution in [0.5, 0.6) is 5.75 Å². The second-order valence-corrected chi connectivity index (χ2v) is 8.03. The molecule has 1 aromatic rings. The molecule has 0 spiro atoms. The molecule has 0 radical (unpaired) electrons. The van der Waals surface area contributed by atoms with Crippen LogP contribution in [-0.2, 0) is 21.4 Å². The van der Waals surface area contributed by atoms with Gasteiger partial charge < -0.3 is 15.2 Å². The molecule has 0 heterocycles. The van der Waals surface area contributed by atoms with Gasteiger partial charge in [-0.05, 0) is 29.9 Å². The summed E-state index contributed by atoms with van der Waals surface area (Å²) in [6.07, 6.45) is 8.10. The number of carbonyl (C=O) groups excluding carboxylic acids is 1. The Morgan fingerprint density at radius 1 is 1.12 bits per heavy atom. The van der Waals surface area contributed by atoms with Gasteiger partial charge in [0.2, 0.25) is 0 Å². The van der Waals surface area contributed by atoms with Crippen LogP contribution in [0.2, 0.25) is 0 Å². The number of nitrogens with one attached hydrogen (secondary N) is 1. The van der Waals surface area contributed by atoms with Crippen LogP contribution in [-0.4, -0.2) is 24.7 Å². The van der Waals surface area contributed by atoms with Crippen LogP contribution < -0.4 is 5.32 Å². The molecule has 2 N–H and O–H groups in total. The maximum atomic E-state index is 12.0. The summed E-state index contributed by atoms with van der Waals surface area (Å²) in [5.41, 5.74) is 2.46. The van der Waals surface area contributed by atoms with E-state index >= 15 is 0 Å². The number of aryl methyl sites for hydroxylation is 1. The SMILES string of the molecule is CCCCCCCCOC(=O)CCc1cc(NC)c(O)c(C(C)(C)C)c1. The molecule has 148 valence electrons. The van der Waals surface area contributed by atoms with Gasteiger partial charge in [-0.1, -0.05) is 65.9 Å². The number of phenolic OH excluding ortho intramolecular Hbond substituents is 1. The first-order chi connectivity index (χ1) is 12.3. The second-order valence-electron chi connectivity index (χ2n) is 8.03. The molecule has 0 saturated heterocycles. The molecular formula is C22H37NO3. The minimum atomic E-state index is -0.163. The Bertz CT molecular complexity index is 561. The zero-order valence-corrected chi connectivity index (χ0v) is 17.3. The fourth-order valence-electron chi connectivity index (χ4n) is 2.99. The van der Waals surface area contributed by atoms with Crippen molar-refractivity contribution in [2.75, 3.05) is 19.0 Å². The number of phenols is 1. The number of ether oxygens (including phenoxy) is 1. The van der Waals surface area contributed by atoms with E-state index in [0.717, 1.165) is 24.0 Å². The predicted molar refractivity (Wildman–Crippen MR) is 109 cm³/mol. The van der Waals surface area contributed by atoms with Crippen molar-refractivity contribution in [1.82, 2.24) is 0 Å². The van der Waals surface area contributed by atoms with Crippen molar-refractivity contribution in [3.63, 3.8) is 0 Å². The molecular weight excluding hydrogens is 326 g/mol. The third-order valence-electron chi connectivity index (χ3n) is 4.63. The van der Waals surface area contributed by atoms with Crippen LogP contribution in [0.25, 0.3) is 0 Å². The molecule has 26 heavy (non-hydrogen) atoms. The van der Waals surface area contributed by atoms with Crippen molar-refractivity contribution < 1.29 is 14.6 Å². The van der Waals surface area contributed by atoms with Gasteiger partial charge in [-0.2, -0.15) is 0 Å². The molecule has 0 saturated carbocycles. The Hall–Kier alpha value is -1.71. The minimum Gasteiger partial charge on any atom is -0.505 e. The highest BCUT2D eigenvalue weighted by atomic mass is 16.5. The lowest BCUT2D eigenvalue weighted by Crippen LogP contribution is -2.13. The van der Waals surface area contributed by atoms with Gasteiger partial charge in [0, 0.05) is 19.0 Å². The molecule has 4 nitrogen and oxygen atoms in total. The number of rotatable bonds is 11. The first-order valence-corrected chi connectivity index (χ1v) is 9.99. The first kappa shape index (κ1) is 22.3. The lowest BCUT2D eigenvalue weighted by Gasteiger charge is -2.23. The van der Waals surface area contributed by atoms with Crippen LogP contribution in [0.4, 0.5) is 5.69 Å². The maximum Gasteiger partial charge on any atom is 0.306 e. The van der Waals surface area contributed by atoms with E-state index in [0.29, 0.717) is 25.1 Å². The normalized spacial score (nSPS) is 11.4. The summed E-state index contributed by atoms with van der Waals surface area (Å²) in [6, 6.07) is 3.91. The van der Waals surface area contributed by atoms with Gasteiger partial charge in [0.15, 0.2) is 0 Å². The summed E-state index contributed by atoms with van der Waals surface area (Å²) < 4.78 is 5.34. The Labute approximate surface area is 159 Å². The highest BCUT2D eigenvalue weighted by molar-refractivity contribution is 5.70. The molecule has 0 unspecified atom stereocenters. The summed E-state index contributed by atoms with van der Waals surface area (Å²) >= 11 is 0. The van der Waals surface area contributed by atoms with E-state index in [4.69, 9.17) is 4.74 Å². The van der Waals surface area contributed by atoms with Gasteiger partial charge >= 0.3 is 5.97 Å². The van der Waals surface area contributed by atoms with E-state index in [9.17, 15) is 9.90 Å². The summed E-state index contributed by atoms with van der Waals surface area (Å²) in [5.74, 6) is 0.143. The number of hydrogen-bond donors (Lipinski definition) is 2. The van der Waals surface area contributed by atoms with Crippen LogP contribution in [0.1, 0.15) is 83.8 Å². The van der Waals surface area contributed by atoms with E-state index < -0.39 is 0 Å². The van der Waals surface area contributed by atoms with Gasteiger partial charge in [-0.3, -0.25) is 4.79 Å². The molecule has 0 amide bonds. The standard InChI is InChI=1S/C22H37NO3/c1-6-7-8-9-10-11-14-26-20(24)13-12-17-15-18(22(2,3)4)21(25)19(16-17)23-5/h15-16,23,25H,6-14H2,1-5H3. The monoisotopic (exact) mass is 363 g/mol.